The van der Waals surface area contributed by atoms with E-state index in [1.807, 2.05) is 30.5 Å². The smallest absolute Gasteiger partial charge is 0.275 e. The number of rotatable bonds is 4. The van der Waals surface area contributed by atoms with Crippen LogP contribution in [0.1, 0.15) is 46.4 Å². The van der Waals surface area contributed by atoms with Gasteiger partial charge in [0.15, 0.2) is 0 Å². The molecule has 0 spiro atoms. The Morgan fingerprint density at radius 1 is 1.03 bits per heavy atom. The lowest BCUT2D eigenvalue weighted by Gasteiger charge is -2.43. The second-order valence-corrected chi connectivity index (χ2v) is 9.09. The Bertz CT molecular complexity index is 981. The maximum absolute atomic E-state index is 13.3. The lowest BCUT2D eigenvalue weighted by molar-refractivity contribution is 0.00851. The molecule has 8 heteroatoms. The number of carbonyl (C=O) groups excluding carboxylic acids is 2. The highest BCUT2D eigenvalue weighted by molar-refractivity contribution is 9.10. The van der Waals surface area contributed by atoms with Gasteiger partial charge in [0.05, 0.1) is 0 Å². The molecular formula is C21H20Br2N4O2. The SMILES string of the molecule is O=C(NN[C@]12CCCC[C@@H]1C=NN2C(=O)c1cccc(Br)c1)c1cccc(Br)c1. The highest BCUT2D eigenvalue weighted by Crippen LogP contribution is 2.40. The van der Waals surface area contributed by atoms with Gasteiger partial charge in [-0.1, -0.05) is 50.4 Å². The zero-order valence-corrected chi connectivity index (χ0v) is 18.7. The van der Waals surface area contributed by atoms with Gasteiger partial charge in [0.1, 0.15) is 5.66 Å². The number of hydrazone groups is 1. The number of fused-ring (bicyclic) bond motifs is 1. The van der Waals surface area contributed by atoms with Crippen LogP contribution in [0.2, 0.25) is 0 Å². The minimum Gasteiger partial charge on any atom is -0.285 e. The van der Waals surface area contributed by atoms with Crippen LogP contribution in [-0.2, 0) is 0 Å². The summed E-state index contributed by atoms with van der Waals surface area (Å²) in [5, 5.41) is 5.95. The van der Waals surface area contributed by atoms with E-state index in [4.69, 9.17) is 0 Å². The average molecular weight is 520 g/mol. The third-order valence-corrected chi connectivity index (χ3v) is 6.41. The molecule has 1 fully saturated rings. The monoisotopic (exact) mass is 518 g/mol. The fourth-order valence-corrected chi connectivity index (χ4v) is 4.74. The van der Waals surface area contributed by atoms with Crippen LogP contribution in [0.4, 0.5) is 0 Å². The fourth-order valence-electron chi connectivity index (χ4n) is 3.95. The first-order valence-electron chi connectivity index (χ1n) is 9.47. The van der Waals surface area contributed by atoms with E-state index in [2.05, 4.69) is 47.8 Å². The first-order valence-corrected chi connectivity index (χ1v) is 11.1. The number of hydrogen-bond donors (Lipinski definition) is 2. The predicted octanol–water partition coefficient (Wildman–Crippen LogP) is 4.47. The van der Waals surface area contributed by atoms with E-state index in [0.717, 1.165) is 28.2 Å². The molecule has 1 saturated carbocycles. The lowest BCUT2D eigenvalue weighted by Crippen LogP contribution is -2.66. The van der Waals surface area contributed by atoms with Crippen LogP contribution in [0.3, 0.4) is 0 Å². The van der Waals surface area contributed by atoms with Crippen molar-refractivity contribution in [1.29, 1.82) is 0 Å². The quantitative estimate of drug-likeness (QED) is 0.585. The summed E-state index contributed by atoms with van der Waals surface area (Å²) >= 11 is 6.80. The van der Waals surface area contributed by atoms with Gasteiger partial charge in [-0.15, -0.1) is 0 Å². The van der Waals surface area contributed by atoms with Crippen molar-refractivity contribution in [2.24, 2.45) is 11.0 Å². The normalized spacial score (nSPS) is 23.0. The number of nitrogens with zero attached hydrogens (tertiary/aromatic N) is 2. The number of amides is 2. The maximum atomic E-state index is 13.3. The number of carbonyl (C=O) groups is 2. The lowest BCUT2D eigenvalue weighted by atomic mass is 9.80. The van der Waals surface area contributed by atoms with Crippen LogP contribution in [-0.4, -0.2) is 28.7 Å². The van der Waals surface area contributed by atoms with Crippen LogP contribution in [0.5, 0.6) is 0 Å². The number of hydrazine groups is 1. The topological polar surface area (TPSA) is 73.8 Å². The van der Waals surface area contributed by atoms with Gasteiger partial charge in [-0.05, 0) is 55.7 Å². The van der Waals surface area contributed by atoms with E-state index in [-0.39, 0.29) is 17.7 Å². The third kappa shape index (κ3) is 4.01. The van der Waals surface area contributed by atoms with Crippen molar-refractivity contribution >= 4 is 49.9 Å². The molecule has 6 nitrogen and oxygen atoms in total. The number of hydrogen-bond acceptors (Lipinski definition) is 4. The molecule has 2 atom stereocenters. The van der Waals surface area contributed by atoms with Gasteiger partial charge >= 0.3 is 0 Å². The molecule has 2 aromatic rings. The molecule has 2 aromatic carbocycles. The van der Waals surface area contributed by atoms with Crippen molar-refractivity contribution < 1.29 is 9.59 Å². The molecule has 0 bridgehead atoms. The van der Waals surface area contributed by atoms with E-state index < -0.39 is 5.66 Å². The summed E-state index contributed by atoms with van der Waals surface area (Å²) in [6.45, 7) is 0. The molecule has 29 heavy (non-hydrogen) atoms. The first kappa shape index (κ1) is 20.3. The summed E-state index contributed by atoms with van der Waals surface area (Å²) < 4.78 is 1.66. The van der Waals surface area contributed by atoms with Crippen molar-refractivity contribution in [2.45, 2.75) is 31.3 Å². The first-order chi connectivity index (χ1) is 14.0. The van der Waals surface area contributed by atoms with E-state index in [1.54, 1.807) is 24.3 Å². The summed E-state index contributed by atoms with van der Waals surface area (Å²) in [6.07, 6.45) is 5.45. The summed E-state index contributed by atoms with van der Waals surface area (Å²) in [7, 11) is 0. The Kier molecular flexibility index (Phi) is 5.85. The van der Waals surface area contributed by atoms with Gasteiger partial charge in [0.25, 0.3) is 11.8 Å². The van der Waals surface area contributed by atoms with Crippen molar-refractivity contribution in [1.82, 2.24) is 15.9 Å². The largest absolute Gasteiger partial charge is 0.285 e. The van der Waals surface area contributed by atoms with Gasteiger partial charge in [0.2, 0.25) is 0 Å². The van der Waals surface area contributed by atoms with Crippen LogP contribution in [0.15, 0.2) is 62.6 Å². The van der Waals surface area contributed by atoms with Gasteiger partial charge in [0, 0.05) is 32.2 Å². The van der Waals surface area contributed by atoms with Crippen molar-refractivity contribution in [3.05, 3.63) is 68.6 Å². The molecule has 0 unspecified atom stereocenters. The molecule has 4 rings (SSSR count). The Labute approximate surface area is 186 Å². The van der Waals surface area contributed by atoms with Gasteiger partial charge in [-0.2, -0.15) is 5.10 Å². The van der Waals surface area contributed by atoms with Crippen LogP contribution >= 0.6 is 31.9 Å². The number of benzene rings is 2. The maximum Gasteiger partial charge on any atom is 0.275 e. The minimum absolute atomic E-state index is 0.0372. The highest BCUT2D eigenvalue weighted by atomic mass is 79.9. The second-order valence-electron chi connectivity index (χ2n) is 7.26. The zero-order chi connectivity index (χ0) is 20.4. The molecule has 1 heterocycles. The molecular weight excluding hydrogens is 500 g/mol. The Morgan fingerprint density at radius 2 is 1.72 bits per heavy atom. The Balaban J connectivity index is 1.58. The van der Waals surface area contributed by atoms with E-state index >= 15 is 0 Å². The summed E-state index contributed by atoms with van der Waals surface area (Å²) in [4.78, 5) is 25.9. The van der Waals surface area contributed by atoms with Gasteiger partial charge in [-0.25, -0.2) is 10.4 Å². The zero-order valence-electron chi connectivity index (χ0n) is 15.6. The molecule has 2 amide bonds. The van der Waals surface area contributed by atoms with Crippen molar-refractivity contribution in [3.8, 4) is 0 Å². The number of halogens is 2. The Morgan fingerprint density at radius 3 is 2.45 bits per heavy atom. The highest BCUT2D eigenvalue weighted by Gasteiger charge is 2.51. The molecule has 2 aliphatic rings. The minimum atomic E-state index is -0.765. The Hall–Kier alpha value is -2.03. The van der Waals surface area contributed by atoms with E-state index in [0.29, 0.717) is 17.5 Å². The van der Waals surface area contributed by atoms with Gasteiger partial charge in [-0.3, -0.25) is 15.0 Å². The average Bonchev–Trinajstić information content (AvgIpc) is 3.11. The fraction of sp³-hybridized carbons (Fsp3) is 0.286. The summed E-state index contributed by atoms with van der Waals surface area (Å²) in [5.41, 5.74) is 6.30. The van der Waals surface area contributed by atoms with Crippen molar-refractivity contribution in [3.63, 3.8) is 0 Å². The molecule has 150 valence electrons. The van der Waals surface area contributed by atoms with E-state index in [9.17, 15) is 9.59 Å². The van der Waals surface area contributed by atoms with Crippen LogP contribution < -0.4 is 10.9 Å². The number of nitrogens with one attached hydrogen (secondary N) is 2. The third-order valence-electron chi connectivity index (χ3n) is 5.42. The summed E-state index contributed by atoms with van der Waals surface area (Å²) in [5.74, 6) is -0.418. The standard InChI is InChI=1S/C21H20Br2N4O2/c22-17-8-3-5-14(11-17)19(28)25-26-21-10-2-1-7-16(21)13-24-27(21)20(29)15-6-4-9-18(23)12-15/h3-6,8-9,11-13,16,26H,1-2,7,10H2,(H,25,28)/t16-,21+/m1/s1. The van der Waals surface area contributed by atoms with E-state index in [1.165, 1.54) is 5.01 Å². The molecule has 0 aromatic heterocycles. The second kappa shape index (κ2) is 8.38. The summed E-state index contributed by atoms with van der Waals surface area (Å²) in [6, 6.07) is 14.4. The molecule has 0 saturated heterocycles. The molecule has 2 N–H and O–H groups in total. The predicted molar refractivity (Wildman–Crippen MR) is 118 cm³/mol. The molecule has 0 radical (unpaired) electrons. The van der Waals surface area contributed by atoms with Crippen molar-refractivity contribution in [2.75, 3.05) is 0 Å². The van der Waals surface area contributed by atoms with Crippen LogP contribution in [0, 0.1) is 5.92 Å². The molecule has 1 aliphatic carbocycles. The van der Waals surface area contributed by atoms with Gasteiger partial charge < -0.3 is 0 Å². The van der Waals surface area contributed by atoms with Crippen LogP contribution in [0.25, 0.3) is 0 Å². The molecule has 1 aliphatic heterocycles.